The first-order chi connectivity index (χ1) is 10.0. The van der Waals surface area contributed by atoms with Gasteiger partial charge in [0.25, 0.3) is 0 Å². The Kier molecular flexibility index (Phi) is 5.91. The first-order valence-corrected chi connectivity index (χ1v) is 8.76. The van der Waals surface area contributed by atoms with Crippen molar-refractivity contribution in [1.82, 2.24) is 4.90 Å². The monoisotopic (exact) mass is 295 g/mol. The maximum absolute atomic E-state index is 8.81. The summed E-state index contributed by atoms with van der Waals surface area (Å²) in [5.41, 5.74) is 5.56. The molecular formula is C17H33N3O. The van der Waals surface area contributed by atoms with E-state index < -0.39 is 0 Å². The topological polar surface area (TPSA) is 61.8 Å². The van der Waals surface area contributed by atoms with Gasteiger partial charge in [0, 0.05) is 11.5 Å². The van der Waals surface area contributed by atoms with E-state index in [-0.39, 0.29) is 5.41 Å². The van der Waals surface area contributed by atoms with Gasteiger partial charge in [0.2, 0.25) is 0 Å². The Morgan fingerprint density at radius 1 is 1.19 bits per heavy atom. The van der Waals surface area contributed by atoms with Gasteiger partial charge in [-0.15, -0.1) is 0 Å². The van der Waals surface area contributed by atoms with E-state index in [4.69, 9.17) is 10.9 Å². The number of hydrogen-bond acceptors (Lipinski definition) is 3. The summed E-state index contributed by atoms with van der Waals surface area (Å²) < 4.78 is 0. The number of amidine groups is 1. The van der Waals surface area contributed by atoms with Crippen molar-refractivity contribution in [3.8, 4) is 0 Å². The molecule has 0 amide bonds. The lowest BCUT2D eigenvalue weighted by Crippen LogP contribution is -2.47. The van der Waals surface area contributed by atoms with Gasteiger partial charge in [0.05, 0.1) is 0 Å². The third-order valence-corrected chi connectivity index (χ3v) is 5.66. The molecule has 2 atom stereocenters. The summed E-state index contributed by atoms with van der Waals surface area (Å²) in [5.74, 6) is 1.33. The Labute approximate surface area is 129 Å². The number of nitrogens with zero attached hydrogens (tertiary/aromatic N) is 2. The van der Waals surface area contributed by atoms with Gasteiger partial charge in [0.1, 0.15) is 5.84 Å². The molecule has 4 nitrogen and oxygen atoms in total. The zero-order chi connectivity index (χ0) is 15.3. The summed E-state index contributed by atoms with van der Waals surface area (Å²) in [5, 5.41) is 12.0. The van der Waals surface area contributed by atoms with Crippen LogP contribution in [0.5, 0.6) is 0 Å². The molecule has 2 fully saturated rings. The molecule has 1 aliphatic heterocycles. The van der Waals surface area contributed by atoms with Crippen LogP contribution in [-0.4, -0.2) is 35.1 Å². The summed E-state index contributed by atoms with van der Waals surface area (Å²) in [4.78, 5) is 2.75. The standard InChI is InChI=1S/C17H33N3O/c1-17(2,16(18)19-21)11-5-6-12-20-13-7-9-14-8-3-4-10-15(14)20/h14-15,21H,3-13H2,1-2H3,(H2,18,19)/t14-,15-/m1/s1. The zero-order valence-electron chi connectivity index (χ0n) is 13.9. The van der Waals surface area contributed by atoms with E-state index in [1.54, 1.807) is 0 Å². The fourth-order valence-corrected chi connectivity index (χ4v) is 4.15. The van der Waals surface area contributed by atoms with Gasteiger partial charge < -0.3 is 15.8 Å². The lowest BCUT2D eigenvalue weighted by atomic mass is 9.78. The Morgan fingerprint density at radius 3 is 2.67 bits per heavy atom. The van der Waals surface area contributed by atoms with E-state index in [1.165, 1.54) is 58.0 Å². The van der Waals surface area contributed by atoms with Crippen LogP contribution in [0.2, 0.25) is 0 Å². The molecule has 3 N–H and O–H groups in total. The average molecular weight is 295 g/mol. The molecule has 4 heteroatoms. The van der Waals surface area contributed by atoms with Gasteiger partial charge in [-0.1, -0.05) is 38.3 Å². The van der Waals surface area contributed by atoms with Crippen molar-refractivity contribution in [2.75, 3.05) is 13.1 Å². The minimum Gasteiger partial charge on any atom is -0.409 e. The number of hydrogen-bond donors (Lipinski definition) is 2. The lowest BCUT2D eigenvalue weighted by Gasteiger charge is -2.44. The van der Waals surface area contributed by atoms with Crippen molar-refractivity contribution in [3.63, 3.8) is 0 Å². The van der Waals surface area contributed by atoms with E-state index in [0.717, 1.165) is 24.8 Å². The average Bonchev–Trinajstić information content (AvgIpc) is 2.50. The molecule has 0 aromatic rings. The predicted molar refractivity (Wildman–Crippen MR) is 87.6 cm³/mol. The third-order valence-electron chi connectivity index (χ3n) is 5.66. The van der Waals surface area contributed by atoms with Crippen LogP contribution < -0.4 is 5.73 Å². The van der Waals surface area contributed by atoms with E-state index in [0.29, 0.717) is 5.84 Å². The van der Waals surface area contributed by atoms with Gasteiger partial charge in [-0.3, -0.25) is 0 Å². The van der Waals surface area contributed by atoms with Crippen LogP contribution in [0.15, 0.2) is 5.16 Å². The van der Waals surface area contributed by atoms with Crippen molar-refractivity contribution >= 4 is 5.84 Å². The number of nitrogens with two attached hydrogens (primary N) is 1. The van der Waals surface area contributed by atoms with E-state index in [1.807, 2.05) is 0 Å². The molecule has 1 saturated heterocycles. The van der Waals surface area contributed by atoms with Crippen molar-refractivity contribution in [2.24, 2.45) is 22.2 Å². The minimum absolute atomic E-state index is 0.190. The second-order valence-corrected chi connectivity index (χ2v) is 7.62. The SMILES string of the molecule is CC(C)(CCCCN1CCC[C@H]2CCCC[C@H]21)C(N)=NO. The van der Waals surface area contributed by atoms with Crippen LogP contribution in [0, 0.1) is 11.3 Å². The summed E-state index contributed by atoms with van der Waals surface area (Å²) in [6.07, 6.45) is 12.0. The maximum Gasteiger partial charge on any atom is 0.144 e. The number of unbranched alkanes of at least 4 members (excludes halogenated alkanes) is 1. The number of likely N-dealkylation sites (tertiary alicyclic amines) is 1. The van der Waals surface area contributed by atoms with Crippen LogP contribution >= 0.6 is 0 Å². The van der Waals surface area contributed by atoms with Crippen LogP contribution in [0.1, 0.15) is 71.6 Å². The Balaban J connectivity index is 1.73. The highest BCUT2D eigenvalue weighted by Gasteiger charge is 2.32. The maximum atomic E-state index is 8.81. The van der Waals surface area contributed by atoms with Crippen molar-refractivity contribution in [1.29, 1.82) is 0 Å². The molecule has 0 bridgehead atoms. The van der Waals surface area contributed by atoms with E-state index in [9.17, 15) is 0 Å². The molecule has 2 aliphatic rings. The predicted octanol–water partition coefficient (Wildman–Crippen LogP) is 3.58. The van der Waals surface area contributed by atoms with Crippen molar-refractivity contribution in [2.45, 2.75) is 77.7 Å². The summed E-state index contributed by atoms with van der Waals surface area (Å²) in [6.45, 7) is 6.64. The second-order valence-electron chi connectivity index (χ2n) is 7.62. The van der Waals surface area contributed by atoms with Crippen LogP contribution in [0.25, 0.3) is 0 Å². The molecule has 0 unspecified atom stereocenters. The summed E-state index contributed by atoms with van der Waals surface area (Å²) in [7, 11) is 0. The molecular weight excluding hydrogens is 262 g/mol. The van der Waals surface area contributed by atoms with Crippen molar-refractivity contribution in [3.05, 3.63) is 0 Å². The highest BCUT2D eigenvalue weighted by atomic mass is 16.4. The van der Waals surface area contributed by atoms with Crippen LogP contribution in [-0.2, 0) is 0 Å². The van der Waals surface area contributed by atoms with Crippen LogP contribution in [0.4, 0.5) is 0 Å². The minimum atomic E-state index is -0.190. The molecule has 0 aromatic carbocycles. The molecule has 0 spiro atoms. The quantitative estimate of drug-likeness (QED) is 0.259. The molecule has 1 aliphatic carbocycles. The number of rotatable bonds is 6. The van der Waals surface area contributed by atoms with Gasteiger partial charge >= 0.3 is 0 Å². The smallest absolute Gasteiger partial charge is 0.144 e. The molecule has 0 radical (unpaired) electrons. The number of fused-ring (bicyclic) bond motifs is 1. The molecule has 1 heterocycles. The van der Waals surface area contributed by atoms with E-state index >= 15 is 0 Å². The Bertz CT molecular complexity index is 352. The fraction of sp³-hybridized carbons (Fsp3) is 0.941. The largest absolute Gasteiger partial charge is 0.409 e. The molecule has 0 aromatic heterocycles. The third kappa shape index (κ3) is 4.35. The highest BCUT2D eigenvalue weighted by molar-refractivity contribution is 5.85. The highest BCUT2D eigenvalue weighted by Crippen LogP contribution is 2.35. The first kappa shape index (κ1) is 16.6. The lowest BCUT2D eigenvalue weighted by molar-refractivity contribution is 0.0592. The zero-order valence-corrected chi connectivity index (χ0v) is 13.9. The number of piperidine rings is 1. The molecule has 2 rings (SSSR count). The normalized spacial score (nSPS) is 28.4. The summed E-state index contributed by atoms with van der Waals surface area (Å²) in [6, 6.07) is 0.865. The fourth-order valence-electron chi connectivity index (χ4n) is 4.15. The van der Waals surface area contributed by atoms with Gasteiger partial charge in [-0.2, -0.15) is 0 Å². The first-order valence-electron chi connectivity index (χ1n) is 8.76. The second kappa shape index (κ2) is 7.48. The van der Waals surface area contributed by atoms with Gasteiger partial charge in [0.15, 0.2) is 0 Å². The van der Waals surface area contributed by atoms with Gasteiger partial charge in [-0.25, -0.2) is 0 Å². The van der Waals surface area contributed by atoms with Crippen LogP contribution in [0.3, 0.4) is 0 Å². The van der Waals surface area contributed by atoms with Crippen molar-refractivity contribution < 1.29 is 5.21 Å². The molecule has 1 saturated carbocycles. The van der Waals surface area contributed by atoms with Gasteiger partial charge in [-0.05, 0) is 57.5 Å². The molecule has 21 heavy (non-hydrogen) atoms. The molecule has 122 valence electrons. The summed E-state index contributed by atoms with van der Waals surface area (Å²) >= 11 is 0. The Morgan fingerprint density at radius 2 is 1.90 bits per heavy atom. The van der Waals surface area contributed by atoms with E-state index in [2.05, 4.69) is 23.9 Å². The number of oxime groups is 1. The Hall–Kier alpha value is -0.770.